The van der Waals surface area contributed by atoms with E-state index >= 15 is 0 Å². The number of fused-ring (bicyclic) bond motifs is 1. The molecule has 0 spiro atoms. The maximum Gasteiger partial charge on any atom is 0.486 e. The normalized spacial score (nSPS) is 11.3. The van der Waals surface area contributed by atoms with Gasteiger partial charge in [0.2, 0.25) is 5.88 Å². The molecule has 2 heterocycles. The molecule has 0 saturated heterocycles. The maximum absolute atomic E-state index is 13.2. The van der Waals surface area contributed by atoms with Crippen molar-refractivity contribution in [2.45, 2.75) is 13.3 Å². The van der Waals surface area contributed by atoms with Crippen LogP contribution in [-0.2, 0) is 9.19 Å². The Labute approximate surface area is 223 Å². The summed E-state index contributed by atoms with van der Waals surface area (Å²) in [6, 6.07) is 13.4. The molecule has 0 aliphatic carbocycles. The SMILES string of the molecule is CCN(CCC#Cc1ccc2c(Nc3cc(OCCNc4cccc(F)c4)n[nH]3)ncnc2c1)OP(=O)(O)O. The maximum atomic E-state index is 13.2. The van der Waals surface area contributed by atoms with Gasteiger partial charge < -0.3 is 25.2 Å². The van der Waals surface area contributed by atoms with Crippen molar-refractivity contribution in [3.8, 4) is 17.7 Å². The average molecular weight is 556 g/mol. The van der Waals surface area contributed by atoms with Crippen LogP contribution in [0.2, 0.25) is 0 Å². The summed E-state index contributed by atoms with van der Waals surface area (Å²) in [6.07, 6.45) is 1.79. The van der Waals surface area contributed by atoms with Crippen LogP contribution >= 0.6 is 7.82 Å². The lowest BCUT2D eigenvalue weighted by Gasteiger charge is -2.18. The molecule has 0 aliphatic heterocycles. The van der Waals surface area contributed by atoms with Crippen molar-refractivity contribution in [3.05, 3.63) is 66.2 Å². The molecule has 0 bridgehead atoms. The van der Waals surface area contributed by atoms with E-state index in [-0.39, 0.29) is 12.4 Å². The van der Waals surface area contributed by atoms with Gasteiger partial charge in [-0.3, -0.25) is 5.10 Å². The minimum absolute atomic E-state index is 0.248. The molecule has 0 radical (unpaired) electrons. The van der Waals surface area contributed by atoms with E-state index in [1.807, 2.05) is 18.2 Å². The van der Waals surface area contributed by atoms with Crippen LogP contribution in [0.1, 0.15) is 18.9 Å². The number of aromatic nitrogens is 4. The Kier molecular flexibility index (Phi) is 9.43. The van der Waals surface area contributed by atoms with Crippen LogP contribution < -0.4 is 15.4 Å². The van der Waals surface area contributed by atoms with E-state index in [0.717, 1.165) is 10.9 Å². The summed E-state index contributed by atoms with van der Waals surface area (Å²) >= 11 is 0. The molecule has 2 aromatic carbocycles. The number of hydrogen-bond acceptors (Lipinski definition) is 9. The van der Waals surface area contributed by atoms with Crippen LogP contribution in [0.3, 0.4) is 0 Å². The van der Waals surface area contributed by atoms with Crippen LogP contribution in [0.4, 0.5) is 21.7 Å². The van der Waals surface area contributed by atoms with Crippen molar-refractivity contribution < 1.29 is 28.1 Å². The van der Waals surface area contributed by atoms with E-state index < -0.39 is 7.82 Å². The number of aromatic amines is 1. The van der Waals surface area contributed by atoms with Crippen molar-refractivity contribution in [1.29, 1.82) is 0 Å². The van der Waals surface area contributed by atoms with Crippen LogP contribution in [0.15, 0.2) is 54.9 Å². The van der Waals surface area contributed by atoms with E-state index in [1.165, 1.54) is 23.5 Å². The Morgan fingerprint density at radius 1 is 1.18 bits per heavy atom. The molecule has 0 amide bonds. The Balaban J connectivity index is 1.31. The number of nitrogens with zero attached hydrogens (tertiary/aromatic N) is 4. The number of nitrogens with one attached hydrogen (secondary N) is 3. The topological polar surface area (TPSA) is 158 Å². The summed E-state index contributed by atoms with van der Waals surface area (Å²) in [7, 11) is -4.59. The summed E-state index contributed by atoms with van der Waals surface area (Å²) in [5.74, 6) is 7.22. The quantitative estimate of drug-likeness (QED) is 0.0749. The van der Waals surface area contributed by atoms with Gasteiger partial charge in [0.1, 0.15) is 30.4 Å². The van der Waals surface area contributed by atoms with Crippen molar-refractivity contribution >= 4 is 36.0 Å². The lowest BCUT2D eigenvalue weighted by Crippen LogP contribution is -2.23. The Bertz CT molecular complexity index is 1520. The van der Waals surface area contributed by atoms with Gasteiger partial charge >= 0.3 is 7.82 Å². The summed E-state index contributed by atoms with van der Waals surface area (Å²) in [5, 5.41) is 15.2. The molecule has 14 heteroatoms. The van der Waals surface area contributed by atoms with Gasteiger partial charge in [0.05, 0.1) is 5.52 Å². The van der Waals surface area contributed by atoms with E-state index in [2.05, 4.69) is 47.3 Å². The highest BCUT2D eigenvalue weighted by atomic mass is 31.2. The molecule has 0 fully saturated rings. The van der Waals surface area contributed by atoms with Crippen molar-refractivity contribution in [1.82, 2.24) is 25.2 Å². The number of ether oxygens (including phenoxy) is 1. The van der Waals surface area contributed by atoms with Crippen molar-refractivity contribution in [3.63, 3.8) is 0 Å². The number of hydroxylamine groups is 2. The molecular weight excluding hydrogens is 528 g/mol. The Morgan fingerprint density at radius 3 is 2.85 bits per heavy atom. The van der Waals surface area contributed by atoms with E-state index in [4.69, 9.17) is 14.5 Å². The number of rotatable bonds is 12. The molecule has 0 aliphatic rings. The first kappa shape index (κ1) is 28.0. The van der Waals surface area contributed by atoms with Gasteiger partial charge in [-0.1, -0.05) is 24.8 Å². The van der Waals surface area contributed by atoms with Crippen molar-refractivity contribution in [2.75, 3.05) is 36.9 Å². The summed E-state index contributed by atoms with van der Waals surface area (Å²) in [6.45, 7) is 3.09. The molecule has 0 unspecified atom stereocenters. The Hall–Kier alpha value is -4.05. The smallest absolute Gasteiger partial charge is 0.475 e. The van der Waals surface area contributed by atoms with E-state index in [0.29, 0.717) is 54.8 Å². The van der Waals surface area contributed by atoms with Gasteiger partial charge in [0.25, 0.3) is 0 Å². The van der Waals surface area contributed by atoms with Crippen LogP contribution in [-0.4, -0.2) is 61.3 Å². The second-order valence-corrected chi connectivity index (χ2v) is 9.27. The minimum Gasteiger partial charge on any atom is -0.475 e. The van der Waals surface area contributed by atoms with Crippen LogP contribution in [0.5, 0.6) is 5.88 Å². The fourth-order valence-corrected chi connectivity index (χ4v) is 4.00. The third-order valence-corrected chi connectivity index (χ3v) is 5.69. The predicted molar refractivity (Wildman–Crippen MR) is 144 cm³/mol. The first-order valence-electron chi connectivity index (χ1n) is 12.0. The zero-order valence-electron chi connectivity index (χ0n) is 21.0. The summed E-state index contributed by atoms with van der Waals surface area (Å²) in [4.78, 5) is 26.5. The molecule has 0 atom stereocenters. The minimum atomic E-state index is -4.59. The number of hydrogen-bond donors (Lipinski definition) is 5. The number of H-pyrrole nitrogens is 1. The van der Waals surface area contributed by atoms with Gasteiger partial charge in [-0.05, 0) is 36.4 Å². The first-order valence-corrected chi connectivity index (χ1v) is 13.5. The highest BCUT2D eigenvalue weighted by Crippen LogP contribution is 2.37. The molecule has 0 saturated carbocycles. The van der Waals surface area contributed by atoms with Gasteiger partial charge in [-0.2, -0.15) is 9.69 Å². The average Bonchev–Trinajstić information content (AvgIpc) is 3.35. The molecule has 4 aromatic rings. The fraction of sp³-hybridized carbons (Fsp3) is 0.240. The molecule has 2 aromatic heterocycles. The van der Waals surface area contributed by atoms with Crippen LogP contribution in [0, 0.1) is 17.7 Å². The van der Waals surface area contributed by atoms with Crippen LogP contribution in [0.25, 0.3) is 10.9 Å². The van der Waals surface area contributed by atoms with Gasteiger partial charge in [0, 0.05) is 48.8 Å². The monoisotopic (exact) mass is 555 g/mol. The van der Waals surface area contributed by atoms with Gasteiger partial charge in [-0.15, -0.1) is 5.10 Å². The second kappa shape index (κ2) is 13.1. The highest BCUT2D eigenvalue weighted by Gasteiger charge is 2.18. The molecule has 4 rings (SSSR count). The summed E-state index contributed by atoms with van der Waals surface area (Å²) < 4.78 is 34.5. The Morgan fingerprint density at radius 2 is 2.05 bits per heavy atom. The molecule has 5 N–H and O–H groups in total. The third kappa shape index (κ3) is 8.75. The van der Waals surface area contributed by atoms with Gasteiger partial charge in [-0.25, -0.2) is 18.9 Å². The number of halogens is 1. The molecule has 39 heavy (non-hydrogen) atoms. The number of benzene rings is 2. The summed E-state index contributed by atoms with van der Waals surface area (Å²) in [5.41, 5.74) is 2.08. The lowest BCUT2D eigenvalue weighted by atomic mass is 10.1. The molecular formula is C25H27FN7O5P. The molecule has 12 nitrogen and oxygen atoms in total. The third-order valence-electron chi connectivity index (χ3n) is 5.24. The fourth-order valence-electron chi connectivity index (χ4n) is 3.50. The number of anilines is 3. The first-order chi connectivity index (χ1) is 18.8. The largest absolute Gasteiger partial charge is 0.486 e. The van der Waals surface area contributed by atoms with E-state index in [9.17, 15) is 8.96 Å². The number of phosphoric acid groups is 1. The predicted octanol–water partition coefficient (Wildman–Crippen LogP) is 3.81. The second-order valence-electron chi connectivity index (χ2n) is 8.13. The highest BCUT2D eigenvalue weighted by molar-refractivity contribution is 7.46. The molecule has 204 valence electrons. The lowest BCUT2D eigenvalue weighted by molar-refractivity contribution is -0.0750. The zero-order chi connectivity index (χ0) is 27.7. The van der Waals surface area contributed by atoms with E-state index in [1.54, 1.807) is 25.1 Å². The van der Waals surface area contributed by atoms with Gasteiger partial charge in [0.15, 0.2) is 0 Å². The zero-order valence-corrected chi connectivity index (χ0v) is 21.9. The van der Waals surface area contributed by atoms with Crippen molar-refractivity contribution in [2.24, 2.45) is 0 Å². The standard InChI is InChI=1S/C25H27FN7O5P/c1-2-33(38-39(34,35)36)12-4-3-6-18-9-10-21-22(14-18)28-17-29-25(21)30-23-16-24(32-31-23)37-13-11-27-20-8-5-7-19(26)15-20/h5,7-10,14-17,27H,2,4,11-13H2,1H3,(H2,34,35,36)(H2,28,29,30,31,32).